The van der Waals surface area contributed by atoms with Gasteiger partial charge in [-0.1, -0.05) is 29.3 Å². The van der Waals surface area contributed by atoms with E-state index in [9.17, 15) is 18.5 Å². The molecule has 0 aliphatic heterocycles. The highest BCUT2D eigenvalue weighted by Crippen LogP contribution is 2.27. The third-order valence-electron chi connectivity index (χ3n) is 2.87. The molecule has 2 aromatic carbocycles. The van der Waals surface area contributed by atoms with E-state index < -0.39 is 20.6 Å². The lowest BCUT2D eigenvalue weighted by atomic mass is 10.2. The summed E-state index contributed by atoms with van der Waals surface area (Å²) in [6, 6.07) is 8.03. The molecule has 0 aliphatic rings. The number of nitro benzene ring substituents is 1. The summed E-state index contributed by atoms with van der Waals surface area (Å²) >= 11 is 11.9. The van der Waals surface area contributed by atoms with E-state index in [0.29, 0.717) is 15.6 Å². The quantitative estimate of drug-likeness (QED) is 0.462. The van der Waals surface area contributed by atoms with Crippen LogP contribution in [0.1, 0.15) is 5.56 Å². The highest BCUT2D eigenvalue weighted by Gasteiger charge is 2.18. The molecule has 0 bridgehead atoms. The molecule has 3 N–H and O–H groups in total. The second kappa shape index (κ2) is 7.14. The number of nitrogens with zero attached hydrogens (tertiary/aromatic N) is 2. The SMILES string of the molecule is NS(=O)(=O)c1ccc(NN=Cc2c(Cl)cccc2Cl)c([N+](=O)[O-])c1. The summed E-state index contributed by atoms with van der Waals surface area (Å²) in [5.41, 5.74) is 2.36. The molecule has 24 heavy (non-hydrogen) atoms. The third-order valence-corrected chi connectivity index (χ3v) is 4.44. The lowest BCUT2D eigenvalue weighted by molar-refractivity contribution is -0.384. The number of rotatable bonds is 5. The summed E-state index contributed by atoms with van der Waals surface area (Å²) in [6.45, 7) is 0. The van der Waals surface area contributed by atoms with Crippen LogP contribution in [-0.4, -0.2) is 19.6 Å². The zero-order valence-electron chi connectivity index (χ0n) is 11.8. The molecule has 11 heteroatoms. The van der Waals surface area contributed by atoms with Crippen molar-refractivity contribution in [1.82, 2.24) is 0 Å². The van der Waals surface area contributed by atoms with Crippen molar-refractivity contribution in [3.63, 3.8) is 0 Å². The second-order valence-corrected chi connectivity index (χ2v) is 6.86. The van der Waals surface area contributed by atoms with Crippen molar-refractivity contribution in [1.29, 1.82) is 0 Å². The van der Waals surface area contributed by atoms with E-state index in [0.717, 1.165) is 12.1 Å². The molecule has 0 unspecified atom stereocenters. The van der Waals surface area contributed by atoms with E-state index in [1.807, 2.05) is 0 Å². The maximum Gasteiger partial charge on any atom is 0.295 e. The van der Waals surface area contributed by atoms with Gasteiger partial charge in [-0.05, 0) is 24.3 Å². The van der Waals surface area contributed by atoms with Gasteiger partial charge in [-0.25, -0.2) is 13.6 Å². The van der Waals surface area contributed by atoms with E-state index in [1.54, 1.807) is 18.2 Å². The zero-order valence-corrected chi connectivity index (χ0v) is 14.1. The topological polar surface area (TPSA) is 128 Å². The third kappa shape index (κ3) is 4.20. The minimum Gasteiger partial charge on any atom is -0.272 e. The van der Waals surface area contributed by atoms with Crippen molar-refractivity contribution < 1.29 is 13.3 Å². The van der Waals surface area contributed by atoms with Crippen LogP contribution in [-0.2, 0) is 10.0 Å². The molecule has 126 valence electrons. The van der Waals surface area contributed by atoms with Crippen LogP contribution in [0.15, 0.2) is 46.4 Å². The van der Waals surface area contributed by atoms with Gasteiger partial charge < -0.3 is 0 Å². The van der Waals surface area contributed by atoms with Crippen LogP contribution in [0.2, 0.25) is 10.0 Å². The number of sulfonamides is 1. The number of hydrogen-bond donors (Lipinski definition) is 2. The number of nitrogens with one attached hydrogen (secondary N) is 1. The Labute approximate surface area is 147 Å². The van der Waals surface area contributed by atoms with Crippen molar-refractivity contribution in [2.75, 3.05) is 5.43 Å². The molecule has 0 fully saturated rings. The van der Waals surface area contributed by atoms with Gasteiger partial charge >= 0.3 is 0 Å². The molecule has 0 amide bonds. The maximum atomic E-state index is 11.3. The average Bonchev–Trinajstić information content (AvgIpc) is 2.49. The standard InChI is InChI=1S/C13H10Cl2N4O4S/c14-10-2-1-3-11(15)9(10)7-17-18-12-5-4-8(24(16,22)23)6-13(12)19(20)21/h1-7,18H,(H2,16,22,23). The van der Waals surface area contributed by atoms with Crippen LogP contribution in [0.3, 0.4) is 0 Å². The Morgan fingerprint density at radius 2 is 1.83 bits per heavy atom. The van der Waals surface area contributed by atoms with Crippen LogP contribution in [0.4, 0.5) is 11.4 Å². The first-order chi connectivity index (χ1) is 11.2. The van der Waals surface area contributed by atoms with Gasteiger partial charge in [0.1, 0.15) is 5.69 Å². The van der Waals surface area contributed by atoms with Gasteiger partial charge in [0, 0.05) is 11.6 Å². The molecule has 0 aliphatic carbocycles. The molecular weight excluding hydrogens is 379 g/mol. The van der Waals surface area contributed by atoms with Crippen LogP contribution in [0, 0.1) is 10.1 Å². The predicted octanol–water partition coefficient (Wildman–Crippen LogP) is 3.00. The average molecular weight is 389 g/mol. The fourth-order valence-corrected chi connectivity index (χ4v) is 2.76. The molecule has 0 saturated carbocycles. The number of hydrazone groups is 1. The van der Waals surface area contributed by atoms with Crippen molar-refractivity contribution in [2.45, 2.75) is 4.90 Å². The van der Waals surface area contributed by atoms with Crippen molar-refractivity contribution >= 4 is 50.8 Å². The van der Waals surface area contributed by atoms with Crippen LogP contribution in [0.25, 0.3) is 0 Å². The molecule has 0 radical (unpaired) electrons. The highest BCUT2D eigenvalue weighted by atomic mass is 35.5. The van der Waals surface area contributed by atoms with Crippen molar-refractivity contribution in [2.24, 2.45) is 10.2 Å². The first kappa shape index (κ1) is 18.1. The normalized spacial score (nSPS) is 11.6. The number of halogens is 2. The second-order valence-electron chi connectivity index (χ2n) is 4.49. The monoisotopic (exact) mass is 388 g/mol. The summed E-state index contributed by atoms with van der Waals surface area (Å²) in [5.74, 6) is 0. The molecule has 0 saturated heterocycles. The van der Waals surface area contributed by atoms with Gasteiger partial charge in [-0.2, -0.15) is 5.10 Å². The summed E-state index contributed by atoms with van der Waals surface area (Å²) in [4.78, 5) is 9.95. The Hall–Kier alpha value is -2.20. The van der Waals surface area contributed by atoms with E-state index >= 15 is 0 Å². The molecule has 0 atom stereocenters. The van der Waals surface area contributed by atoms with Gasteiger partial charge in [0.25, 0.3) is 5.69 Å². The first-order valence-electron chi connectivity index (χ1n) is 6.24. The van der Waals surface area contributed by atoms with Crippen molar-refractivity contribution in [3.05, 3.63) is 62.1 Å². The number of anilines is 1. The van der Waals surface area contributed by atoms with Crippen LogP contribution in [0.5, 0.6) is 0 Å². The Morgan fingerprint density at radius 1 is 1.21 bits per heavy atom. The Balaban J connectivity index is 2.33. The van der Waals surface area contributed by atoms with E-state index in [2.05, 4.69) is 10.5 Å². The van der Waals surface area contributed by atoms with E-state index in [-0.39, 0.29) is 10.6 Å². The van der Waals surface area contributed by atoms with Crippen LogP contribution >= 0.6 is 23.2 Å². The minimum absolute atomic E-state index is 0.0215. The Bertz CT molecular complexity index is 911. The molecule has 2 rings (SSSR count). The van der Waals surface area contributed by atoms with Crippen LogP contribution < -0.4 is 10.6 Å². The summed E-state index contributed by atoms with van der Waals surface area (Å²) < 4.78 is 22.5. The van der Waals surface area contributed by atoms with Gasteiger partial charge in [-0.15, -0.1) is 0 Å². The molecule has 8 nitrogen and oxygen atoms in total. The highest BCUT2D eigenvalue weighted by molar-refractivity contribution is 7.89. The Morgan fingerprint density at radius 3 is 2.38 bits per heavy atom. The molecule has 0 aromatic heterocycles. The summed E-state index contributed by atoms with van der Waals surface area (Å²) in [7, 11) is -4.06. The zero-order chi connectivity index (χ0) is 17.9. The summed E-state index contributed by atoms with van der Waals surface area (Å²) in [5, 5.41) is 20.6. The lowest BCUT2D eigenvalue weighted by Gasteiger charge is -2.05. The largest absolute Gasteiger partial charge is 0.295 e. The molecule has 2 aromatic rings. The number of hydrogen-bond acceptors (Lipinski definition) is 6. The number of nitro groups is 1. The van der Waals surface area contributed by atoms with Gasteiger partial charge in [0.15, 0.2) is 0 Å². The number of primary sulfonamides is 1. The molecule has 0 heterocycles. The maximum absolute atomic E-state index is 11.3. The molecule has 0 spiro atoms. The van der Waals surface area contributed by atoms with E-state index in [4.69, 9.17) is 28.3 Å². The van der Waals surface area contributed by atoms with Gasteiger partial charge in [-0.3, -0.25) is 15.5 Å². The fourth-order valence-electron chi connectivity index (χ4n) is 1.73. The fraction of sp³-hybridized carbons (Fsp3) is 0. The van der Waals surface area contributed by atoms with Gasteiger partial charge in [0.2, 0.25) is 10.0 Å². The summed E-state index contributed by atoms with van der Waals surface area (Å²) in [6.07, 6.45) is 1.29. The predicted molar refractivity (Wildman–Crippen MR) is 92.1 cm³/mol. The lowest BCUT2D eigenvalue weighted by Crippen LogP contribution is -2.12. The van der Waals surface area contributed by atoms with Gasteiger partial charge in [0.05, 0.1) is 26.1 Å². The first-order valence-corrected chi connectivity index (χ1v) is 8.54. The molecular formula is C13H10Cl2N4O4S. The smallest absolute Gasteiger partial charge is 0.272 e. The van der Waals surface area contributed by atoms with E-state index in [1.165, 1.54) is 12.3 Å². The Kier molecular flexibility index (Phi) is 5.40. The van der Waals surface area contributed by atoms with Crippen molar-refractivity contribution in [3.8, 4) is 0 Å². The number of nitrogens with two attached hydrogens (primary N) is 1. The minimum atomic E-state index is -4.06. The number of benzene rings is 2.